The van der Waals surface area contributed by atoms with E-state index >= 15 is 0 Å². The number of benzene rings is 1. The third-order valence-electron chi connectivity index (χ3n) is 3.99. The molecule has 1 amide bonds. The van der Waals surface area contributed by atoms with Crippen LogP contribution in [0.25, 0.3) is 0 Å². The molecule has 0 aliphatic carbocycles. The largest absolute Gasteiger partial charge is 0.339 e. The van der Waals surface area contributed by atoms with E-state index in [1.165, 1.54) is 6.92 Å². The van der Waals surface area contributed by atoms with Gasteiger partial charge in [-0.3, -0.25) is 4.79 Å². The normalized spacial score (nSPS) is 20.3. The first-order valence-electron chi connectivity index (χ1n) is 7.50. The maximum atomic E-state index is 13.2. The first-order valence-corrected chi connectivity index (χ1v) is 8.98. The van der Waals surface area contributed by atoms with Crippen LogP contribution in [0.2, 0.25) is 0 Å². The molecule has 1 aliphatic heterocycles. The van der Waals surface area contributed by atoms with Crippen molar-refractivity contribution in [2.45, 2.75) is 50.1 Å². The van der Waals surface area contributed by atoms with Crippen LogP contribution in [0.1, 0.15) is 33.1 Å². The SMILES string of the molecule is C[C@H](NS(=O)(=O)c1ccc(F)c(F)c1)C(=O)N1CCCC[C@H]1C. The van der Waals surface area contributed by atoms with Crippen molar-refractivity contribution in [3.63, 3.8) is 0 Å². The van der Waals surface area contributed by atoms with E-state index in [4.69, 9.17) is 0 Å². The highest BCUT2D eigenvalue weighted by Crippen LogP contribution is 2.18. The Kier molecular flexibility index (Phi) is 5.36. The van der Waals surface area contributed by atoms with Crippen LogP contribution in [-0.4, -0.2) is 37.9 Å². The zero-order chi connectivity index (χ0) is 17.2. The lowest BCUT2D eigenvalue weighted by Gasteiger charge is -2.35. The van der Waals surface area contributed by atoms with E-state index in [0.29, 0.717) is 12.6 Å². The Hall–Kier alpha value is -1.54. The molecule has 128 valence electrons. The lowest BCUT2D eigenvalue weighted by atomic mass is 10.0. The first kappa shape index (κ1) is 17.8. The summed E-state index contributed by atoms with van der Waals surface area (Å²) in [5.74, 6) is -2.70. The summed E-state index contributed by atoms with van der Waals surface area (Å²) in [5, 5.41) is 0. The Bertz CT molecular complexity index is 694. The summed E-state index contributed by atoms with van der Waals surface area (Å²) in [6, 6.07) is 1.38. The number of piperidine rings is 1. The molecule has 0 bridgehead atoms. The number of halogens is 2. The summed E-state index contributed by atoms with van der Waals surface area (Å²) < 4.78 is 52.8. The quantitative estimate of drug-likeness (QED) is 0.907. The molecule has 0 unspecified atom stereocenters. The number of sulfonamides is 1. The van der Waals surface area contributed by atoms with Gasteiger partial charge in [0.05, 0.1) is 10.9 Å². The van der Waals surface area contributed by atoms with E-state index in [2.05, 4.69) is 4.72 Å². The van der Waals surface area contributed by atoms with Crippen molar-refractivity contribution in [1.82, 2.24) is 9.62 Å². The van der Waals surface area contributed by atoms with Gasteiger partial charge in [0.2, 0.25) is 15.9 Å². The Morgan fingerprint density at radius 1 is 1.30 bits per heavy atom. The van der Waals surface area contributed by atoms with Gasteiger partial charge in [0.25, 0.3) is 0 Å². The number of rotatable bonds is 4. The minimum atomic E-state index is -4.10. The highest BCUT2D eigenvalue weighted by molar-refractivity contribution is 7.89. The topological polar surface area (TPSA) is 66.5 Å². The second-order valence-electron chi connectivity index (χ2n) is 5.80. The van der Waals surface area contributed by atoms with Crippen LogP contribution in [0.5, 0.6) is 0 Å². The van der Waals surface area contributed by atoms with E-state index in [1.807, 2.05) is 6.92 Å². The molecule has 0 radical (unpaired) electrons. The van der Waals surface area contributed by atoms with Crippen LogP contribution in [0, 0.1) is 11.6 Å². The lowest BCUT2D eigenvalue weighted by molar-refractivity contribution is -0.135. The highest BCUT2D eigenvalue weighted by atomic mass is 32.2. The molecule has 23 heavy (non-hydrogen) atoms. The van der Waals surface area contributed by atoms with Gasteiger partial charge in [0.1, 0.15) is 0 Å². The summed E-state index contributed by atoms with van der Waals surface area (Å²) in [6.07, 6.45) is 2.81. The van der Waals surface area contributed by atoms with Gasteiger partial charge in [0.15, 0.2) is 11.6 Å². The third kappa shape index (κ3) is 4.06. The molecule has 2 atom stereocenters. The van der Waals surface area contributed by atoms with E-state index < -0.39 is 32.6 Å². The fraction of sp³-hybridized carbons (Fsp3) is 0.533. The predicted molar refractivity (Wildman–Crippen MR) is 81.2 cm³/mol. The van der Waals surface area contributed by atoms with E-state index in [-0.39, 0.29) is 11.9 Å². The summed E-state index contributed by atoms with van der Waals surface area (Å²) >= 11 is 0. The zero-order valence-corrected chi connectivity index (χ0v) is 13.9. The third-order valence-corrected chi connectivity index (χ3v) is 5.53. The van der Waals surface area contributed by atoms with Crippen LogP contribution in [0.3, 0.4) is 0 Å². The molecule has 1 aromatic carbocycles. The number of nitrogens with zero attached hydrogens (tertiary/aromatic N) is 1. The van der Waals surface area contributed by atoms with Crippen LogP contribution in [-0.2, 0) is 14.8 Å². The standard InChI is InChI=1S/C15H20F2N2O3S/c1-10-5-3-4-8-19(10)15(20)11(2)18-23(21,22)12-6-7-13(16)14(17)9-12/h6-7,9-11,18H,3-5,8H2,1-2H3/t10-,11+/m1/s1. The number of carbonyl (C=O) groups is 1. The van der Waals surface area contributed by atoms with Crippen molar-refractivity contribution in [3.8, 4) is 0 Å². The Morgan fingerprint density at radius 3 is 2.61 bits per heavy atom. The second kappa shape index (κ2) is 6.92. The molecule has 8 heteroatoms. The van der Waals surface area contributed by atoms with Gasteiger partial charge in [-0.1, -0.05) is 0 Å². The van der Waals surface area contributed by atoms with Gasteiger partial charge in [-0.2, -0.15) is 4.72 Å². The van der Waals surface area contributed by atoms with Gasteiger partial charge in [0, 0.05) is 12.6 Å². The minimum Gasteiger partial charge on any atom is -0.339 e. The Labute approximate surface area is 134 Å². The van der Waals surface area contributed by atoms with Crippen molar-refractivity contribution in [2.24, 2.45) is 0 Å². The first-order chi connectivity index (χ1) is 10.7. The van der Waals surface area contributed by atoms with Gasteiger partial charge in [-0.15, -0.1) is 0 Å². The van der Waals surface area contributed by atoms with Crippen LogP contribution >= 0.6 is 0 Å². The van der Waals surface area contributed by atoms with Crippen LogP contribution in [0.4, 0.5) is 8.78 Å². The summed E-state index contributed by atoms with van der Waals surface area (Å²) in [5.41, 5.74) is 0. The summed E-state index contributed by atoms with van der Waals surface area (Å²) in [6.45, 7) is 3.96. The van der Waals surface area contributed by atoms with Gasteiger partial charge >= 0.3 is 0 Å². The lowest BCUT2D eigenvalue weighted by Crippen LogP contribution is -2.51. The zero-order valence-electron chi connectivity index (χ0n) is 13.1. The Balaban J connectivity index is 2.12. The summed E-state index contributed by atoms with van der Waals surface area (Å²) in [7, 11) is -4.10. The van der Waals surface area contributed by atoms with Crippen LogP contribution in [0.15, 0.2) is 23.1 Å². The smallest absolute Gasteiger partial charge is 0.241 e. The fourth-order valence-corrected chi connectivity index (χ4v) is 3.88. The second-order valence-corrected chi connectivity index (χ2v) is 7.51. The summed E-state index contributed by atoms with van der Waals surface area (Å²) in [4.78, 5) is 13.6. The predicted octanol–water partition coefficient (Wildman–Crippen LogP) is 2.03. The average Bonchev–Trinajstić information content (AvgIpc) is 2.49. The number of hydrogen-bond acceptors (Lipinski definition) is 3. The van der Waals surface area contributed by atoms with E-state index in [0.717, 1.165) is 31.4 Å². The van der Waals surface area contributed by atoms with Crippen molar-refractivity contribution >= 4 is 15.9 Å². The number of nitrogens with one attached hydrogen (secondary N) is 1. The number of carbonyl (C=O) groups excluding carboxylic acids is 1. The van der Waals surface area contributed by atoms with Crippen molar-refractivity contribution < 1.29 is 22.0 Å². The maximum absolute atomic E-state index is 13.2. The fourth-order valence-electron chi connectivity index (χ4n) is 2.67. The minimum absolute atomic E-state index is 0.0615. The Morgan fingerprint density at radius 2 is 2.00 bits per heavy atom. The monoisotopic (exact) mass is 346 g/mol. The molecule has 2 rings (SSSR count). The van der Waals surface area contributed by atoms with Crippen molar-refractivity contribution in [2.75, 3.05) is 6.54 Å². The average molecular weight is 346 g/mol. The van der Waals surface area contributed by atoms with Crippen LogP contribution < -0.4 is 4.72 Å². The molecule has 1 saturated heterocycles. The molecule has 1 heterocycles. The van der Waals surface area contributed by atoms with Gasteiger partial charge < -0.3 is 4.90 Å². The molecule has 1 fully saturated rings. The molecule has 1 aliphatic rings. The molecule has 1 N–H and O–H groups in total. The molecule has 0 saturated carbocycles. The van der Waals surface area contributed by atoms with E-state index in [1.54, 1.807) is 4.90 Å². The van der Waals surface area contributed by atoms with Crippen molar-refractivity contribution in [1.29, 1.82) is 0 Å². The van der Waals surface area contributed by atoms with E-state index in [9.17, 15) is 22.0 Å². The molecular formula is C15H20F2N2O3S. The highest BCUT2D eigenvalue weighted by Gasteiger charge is 2.30. The molecule has 0 aromatic heterocycles. The van der Waals surface area contributed by atoms with Gasteiger partial charge in [-0.25, -0.2) is 17.2 Å². The number of amides is 1. The maximum Gasteiger partial charge on any atom is 0.241 e. The number of likely N-dealkylation sites (tertiary alicyclic amines) is 1. The van der Waals surface area contributed by atoms with Crippen molar-refractivity contribution in [3.05, 3.63) is 29.8 Å². The number of hydrogen-bond donors (Lipinski definition) is 1. The molecule has 0 spiro atoms. The molecule has 1 aromatic rings. The molecular weight excluding hydrogens is 326 g/mol. The van der Waals surface area contributed by atoms with Gasteiger partial charge in [-0.05, 0) is 51.3 Å². The molecule has 5 nitrogen and oxygen atoms in total.